The van der Waals surface area contributed by atoms with Gasteiger partial charge in [-0.25, -0.2) is 0 Å². The summed E-state index contributed by atoms with van der Waals surface area (Å²) in [6.45, 7) is 9.02. The standard InChI is InChI=1S/C17H27NO3/c1-11-4-12(2)17(10-21)13(3)16(11)7-18-5-14(8-19)15(6-18)9-20/h4,14-15,19-21H,5-10H2,1-3H3/t14-,15-/m0/s1. The Kier molecular flexibility index (Phi) is 5.38. The van der Waals surface area contributed by atoms with Crippen molar-refractivity contribution < 1.29 is 15.3 Å². The molecule has 1 aliphatic rings. The number of hydrogen-bond acceptors (Lipinski definition) is 4. The maximum atomic E-state index is 9.56. The summed E-state index contributed by atoms with van der Waals surface area (Å²) in [5.74, 6) is 0.330. The molecule has 3 N–H and O–H groups in total. The number of rotatable bonds is 5. The number of aliphatic hydroxyl groups excluding tert-OH is 3. The van der Waals surface area contributed by atoms with Gasteiger partial charge in [0.2, 0.25) is 0 Å². The smallest absolute Gasteiger partial charge is 0.0687 e. The van der Waals surface area contributed by atoms with Gasteiger partial charge in [-0.05, 0) is 48.6 Å². The lowest BCUT2D eigenvalue weighted by atomic mass is 9.93. The van der Waals surface area contributed by atoms with Crippen molar-refractivity contribution in [1.29, 1.82) is 0 Å². The summed E-state index contributed by atoms with van der Waals surface area (Å²) in [5, 5.41) is 28.4. The van der Waals surface area contributed by atoms with Crippen molar-refractivity contribution in [2.45, 2.75) is 33.9 Å². The maximum absolute atomic E-state index is 9.56. The van der Waals surface area contributed by atoms with E-state index in [1.165, 1.54) is 16.7 Å². The van der Waals surface area contributed by atoms with Gasteiger partial charge in [0.25, 0.3) is 0 Å². The highest BCUT2D eigenvalue weighted by Crippen LogP contribution is 2.28. The molecule has 0 saturated carbocycles. The Bertz CT molecular complexity index is 489. The molecule has 1 saturated heterocycles. The van der Waals surface area contributed by atoms with Crippen LogP contribution in [0.5, 0.6) is 0 Å². The second kappa shape index (κ2) is 6.88. The predicted octanol–water partition coefficient (Wildman–Crippen LogP) is 1.14. The summed E-state index contributed by atoms with van der Waals surface area (Å²) in [6.07, 6.45) is 0. The van der Waals surface area contributed by atoms with Gasteiger partial charge in [-0.15, -0.1) is 0 Å². The Hall–Kier alpha value is -0.940. The van der Waals surface area contributed by atoms with E-state index in [0.717, 1.165) is 30.8 Å². The van der Waals surface area contributed by atoms with Gasteiger partial charge >= 0.3 is 0 Å². The third-order valence-corrected chi connectivity index (χ3v) is 4.95. The Morgan fingerprint density at radius 2 is 1.48 bits per heavy atom. The first-order chi connectivity index (χ1) is 10.0. The molecule has 0 amide bonds. The summed E-state index contributed by atoms with van der Waals surface area (Å²) < 4.78 is 0. The van der Waals surface area contributed by atoms with Crippen LogP contribution in [0.25, 0.3) is 0 Å². The fourth-order valence-electron chi connectivity index (χ4n) is 3.56. The molecule has 1 aromatic rings. The second-order valence-corrected chi connectivity index (χ2v) is 6.33. The molecule has 2 rings (SSSR count). The van der Waals surface area contributed by atoms with E-state index in [2.05, 4.69) is 24.8 Å². The summed E-state index contributed by atoms with van der Waals surface area (Å²) in [6, 6.07) is 2.14. The molecule has 4 heteroatoms. The molecule has 0 aliphatic carbocycles. The number of benzene rings is 1. The molecule has 0 spiro atoms. The molecule has 1 aliphatic heterocycles. The van der Waals surface area contributed by atoms with Gasteiger partial charge < -0.3 is 15.3 Å². The van der Waals surface area contributed by atoms with Crippen LogP contribution >= 0.6 is 0 Å². The van der Waals surface area contributed by atoms with Crippen LogP contribution in [-0.4, -0.2) is 46.5 Å². The van der Waals surface area contributed by atoms with E-state index in [1.807, 2.05) is 6.92 Å². The summed E-state index contributed by atoms with van der Waals surface area (Å²) >= 11 is 0. The summed E-state index contributed by atoms with van der Waals surface area (Å²) in [4.78, 5) is 2.30. The minimum absolute atomic E-state index is 0.0729. The van der Waals surface area contributed by atoms with Crippen molar-refractivity contribution in [3.63, 3.8) is 0 Å². The fourth-order valence-corrected chi connectivity index (χ4v) is 3.56. The largest absolute Gasteiger partial charge is 0.396 e. The second-order valence-electron chi connectivity index (χ2n) is 6.33. The van der Waals surface area contributed by atoms with Crippen LogP contribution in [0.2, 0.25) is 0 Å². The first kappa shape index (κ1) is 16.4. The van der Waals surface area contributed by atoms with Crippen molar-refractivity contribution in [1.82, 2.24) is 4.90 Å². The molecule has 1 heterocycles. The van der Waals surface area contributed by atoms with E-state index in [0.29, 0.717) is 0 Å². The van der Waals surface area contributed by atoms with Crippen LogP contribution in [0.1, 0.15) is 27.8 Å². The molecular formula is C17H27NO3. The van der Waals surface area contributed by atoms with E-state index in [-0.39, 0.29) is 31.7 Å². The SMILES string of the molecule is Cc1cc(C)c(CN2C[C@@H](CO)[C@H](CO)C2)c(C)c1CO. The van der Waals surface area contributed by atoms with Crippen LogP contribution in [0.4, 0.5) is 0 Å². The highest BCUT2D eigenvalue weighted by molar-refractivity contribution is 5.44. The quantitative estimate of drug-likeness (QED) is 0.762. The number of likely N-dealkylation sites (tertiary alicyclic amines) is 1. The van der Waals surface area contributed by atoms with E-state index >= 15 is 0 Å². The van der Waals surface area contributed by atoms with Gasteiger partial charge in [-0.2, -0.15) is 0 Å². The average molecular weight is 293 g/mol. The van der Waals surface area contributed by atoms with Crippen LogP contribution < -0.4 is 0 Å². The molecule has 1 fully saturated rings. The lowest BCUT2D eigenvalue weighted by molar-refractivity contribution is 0.152. The topological polar surface area (TPSA) is 63.9 Å². The van der Waals surface area contributed by atoms with E-state index < -0.39 is 0 Å². The van der Waals surface area contributed by atoms with Crippen molar-refractivity contribution in [3.8, 4) is 0 Å². The molecule has 0 bridgehead atoms. The number of aliphatic hydroxyl groups is 3. The average Bonchev–Trinajstić information content (AvgIpc) is 2.86. The van der Waals surface area contributed by atoms with Gasteiger partial charge in [0.15, 0.2) is 0 Å². The summed E-state index contributed by atoms with van der Waals surface area (Å²) in [5.41, 5.74) is 5.84. The number of nitrogens with zero attached hydrogens (tertiary/aromatic N) is 1. The lowest BCUT2D eigenvalue weighted by Gasteiger charge is -2.22. The first-order valence-electron chi connectivity index (χ1n) is 7.65. The van der Waals surface area contributed by atoms with Gasteiger partial charge in [0.05, 0.1) is 6.61 Å². The minimum atomic E-state index is 0.0729. The maximum Gasteiger partial charge on any atom is 0.0687 e. The highest BCUT2D eigenvalue weighted by atomic mass is 16.3. The summed E-state index contributed by atoms with van der Waals surface area (Å²) in [7, 11) is 0. The molecule has 0 aromatic heterocycles. The molecular weight excluding hydrogens is 266 g/mol. The third kappa shape index (κ3) is 3.29. The van der Waals surface area contributed by atoms with Gasteiger partial charge in [-0.1, -0.05) is 6.07 Å². The molecule has 0 radical (unpaired) electrons. The molecule has 1 aromatic carbocycles. The van der Waals surface area contributed by atoms with Crippen LogP contribution in [0.3, 0.4) is 0 Å². The van der Waals surface area contributed by atoms with E-state index in [1.54, 1.807) is 0 Å². The van der Waals surface area contributed by atoms with Gasteiger partial charge in [0, 0.05) is 44.7 Å². The van der Waals surface area contributed by atoms with Gasteiger partial charge in [0.1, 0.15) is 0 Å². The van der Waals surface area contributed by atoms with Crippen molar-refractivity contribution in [2.75, 3.05) is 26.3 Å². The predicted molar refractivity (Wildman–Crippen MR) is 83.0 cm³/mol. The molecule has 21 heavy (non-hydrogen) atoms. The molecule has 4 nitrogen and oxygen atoms in total. The number of hydrogen-bond donors (Lipinski definition) is 3. The van der Waals surface area contributed by atoms with E-state index in [9.17, 15) is 15.3 Å². The number of aryl methyl sites for hydroxylation is 2. The van der Waals surface area contributed by atoms with Crippen LogP contribution in [-0.2, 0) is 13.2 Å². The van der Waals surface area contributed by atoms with Gasteiger partial charge in [-0.3, -0.25) is 4.90 Å². The Labute approximate surface area is 127 Å². The monoisotopic (exact) mass is 293 g/mol. The zero-order valence-electron chi connectivity index (χ0n) is 13.3. The zero-order chi connectivity index (χ0) is 15.6. The minimum Gasteiger partial charge on any atom is -0.396 e. The van der Waals surface area contributed by atoms with E-state index in [4.69, 9.17) is 0 Å². The first-order valence-corrected chi connectivity index (χ1v) is 7.65. The van der Waals surface area contributed by atoms with Crippen molar-refractivity contribution in [2.24, 2.45) is 11.8 Å². The lowest BCUT2D eigenvalue weighted by Crippen LogP contribution is -2.22. The molecule has 118 valence electrons. The van der Waals surface area contributed by atoms with Crippen LogP contribution in [0, 0.1) is 32.6 Å². The molecule has 2 atom stereocenters. The Balaban J connectivity index is 2.21. The Morgan fingerprint density at radius 3 is 1.95 bits per heavy atom. The van der Waals surface area contributed by atoms with Crippen molar-refractivity contribution in [3.05, 3.63) is 33.9 Å². The highest BCUT2D eigenvalue weighted by Gasteiger charge is 2.32. The Morgan fingerprint density at radius 1 is 0.952 bits per heavy atom. The normalized spacial score (nSPS) is 23.0. The van der Waals surface area contributed by atoms with Crippen LogP contribution in [0.15, 0.2) is 6.07 Å². The zero-order valence-corrected chi connectivity index (χ0v) is 13.3. The van der Waals surface area contributed by atoms with Crippen molar-refractivity contribution >= 4 is 0 Å². The molecule has 0 unspecified atom stereocenters. The fraction of sp³-hybridized carbons (Fsp3) is 0.647. The third-order valence-electron chi connectivity index (χ3n) is 4.95.